The Hall–Kier alpha value is -0.730. The van der Waals surface area contributed by atoms with E-state index >= 15 is 0 Å². The predicted molar refractivity (Wildman–Crippen MR) is 77.3 cm³/mol. The van der Waals surface area contributed by atoms with Gasteiger partial charge in [0.15, 0.2) is 0 Å². The molecule has 0 aromatic rings. The lowest BCUT2D eigenvalue weighted by Gasteiger charge is -2.19. The van der Waals surface area contributed by atoms with Crippen molar-refractivity contribution in [3.63, 3.8) is 0 Å². The Bertz CT molecular complexity index is 286. The molecule has 1 atom stereocenters. The van der Waals surface area contributed by atoms with Gasteiger partial charge in [0.2, 0.25) is 5.91 Å². The van der Waals surface area contributed by atoms with Crippen LogP contribution in [0.3, 0.4) is 0 Å². The molecule has 0 aromatic heterocycles. The molecule has 0 aromatic carbocycles. The van der Waals surface area contributed by atoms with E-state index in [1.165, 1.54) is 0 Å². The average molecular weight is 271 g/mol. The molecule has 0 heterocycles. The van der Waals surface area contributed by atoms with Crippen molar-refractivity contribution in [3.8, 4) is 6.07 Å². The largest absolute Gasteiger partial charge is 0.343 e. The molecule has 4 nitrogen and oxygen atoms in total. The maximum atomic E-state index is 11.7. The van der Waals surface area contributed by atoms with Crippen LogP contribution in [0.15, 0.2) is 0 Å². The zero-order chi connectivity index (χ0) is 14.0. The van der Waals surface area contributed by atoms with Gasteiger partial charge in [-0.2, -0.15) is 17.0 Å². The van der Waals surface area contributed by atoms with E-state index in [0.29, 0.717) is 18.6 Å². The van der Waals surface area contributed by atoms with Crippen LogP contribution in [-0.4, -0.2) is 40.9 Å². The summed E-state index contributed by atoms with van der Waals surface area (Å²) >= 11 is 1.63. The molecule has 0 fully saturated rings. The maximum Gasteiger partial charge on any atom is 0.232 e. The SMILES string of the molecule is CCN(CC)C(=O)CSCCCC(N)(C#N)CC. The number of hydrogen-bond donors (Lipinski definition) is 1. The number of thioether (sulfide) groups is 1. The molecule has 0 spiro atoms. The lowest BCUT2D eigenvalue weighted by Crippen LogP contribution is -2.37. The van der Waals surface area contributed by atoms with Crippen LogP contribution in [0.1, 0.15) is 40.0 Å². The van der Waals surface area contributed by atoms with Gasteiger partial charge in [-0.05, 0) is 38.9 Å². The summed E-state index contributed by atoms with van der Waals surface area (Å²) < 4.78 is 0. The Morgan fingerprint density at radius 1 is 1.39 bits per heavy atom. The molecule has 0 saturated heterocycles. The van der Waals surface area contributed by atoms with Crippen LogP contribution in [0, 0.1) is 11.3 Å². The summed E-state index contributed by atoms with van der Waals surface area (Å²) in [6.07, 6.45) is 2.26. The summed E-state index contributed by atoms with van der Waals surface area (Å²) in [6.45, 7) is 7.45. The molecule has 1 unspecified atom stereocenters. The molecule has 1 amide bonds. The van der Waals surface area contributed by atoms with Crippen molar-refractivity contribution in [2.24, 2.45) is 5.73 Å². The Morgan fingerprint density at radius 2 is 2.00 bits per heavy atom. The molecular formula is C13H25N3OS. The Balaban J connectivity index is 3.75. The van der Waals surface area contributed by atoms with Crippen LogP contribution in [0.5, 0.6) is 0 Å². The predicted octanol–water partition coefficient (Wildman–Crippen LogP) is 2.00. The summed E-state index contributed by atoms with van der Waals surface area (Å²) in [5, 5.41) is 8.92. The van der Waals surface area contributed by atoms with Gasteiger partial charge < -0.3 is 10.6 Å². The van der Waals surface area contributed by atoms with Crippen molar-refractivity contribution in [1.82, 2.24) is 4.90 Å². The van der Waals surface area contributed by atoms with Gasteiger partial charge in [-0.15, -0.1) is 0 Å². The zero-order valence-corrected chi connectivity index (χ0v) is 12.6. The molecule has 0 bridgehead atoms. The van der Waals surface area contributed by atoms with Crippen LogP contribution >= 0.6 is 11.8 Å². The number of nitriles is 1. The second-order valence-electron chi connectivity index (χ2n) is 4.34. The maximum absolute atomic E-state index is 11.7. The van der Waals surface area contributed by atoms with Crippen molar-refractivity contribution < 1.29 is 4.79 Å². The van der Waals surface area contributed by atoms with Crippen LogP contribution < -0.4 is 5.73 Å². The minimum Gasteiger partial charge on any atom is -0.343 e. The summed E-state index contributed by atoms with van der Waals surface area (Å²) in [4.78, 5) is 13.5. The molecular weight excluding hydrogens is 246 g/mol. The number of carbonyl (C=O) groups excluding carboxylic acids is 1. The number of nitrogens with two attached hydrogens (primary N) is 1. The number of carbonyl (C=O) groups is 1. The third-order valence-corrected chi connectivity index (χ3v) is 4.14. The highest BCUT2D eigenvalue weighted by atomic mass is 32.2. The highest BCUT2D eigenvalue weighted by molar-refractivity contribution is 7.99. The minimum absolute atomic E-state index is 0.194. The van der Waals surface area contributed by atoms with E-state index < -0.39 is 5.54 Å². The van der Waals surface area contributed by atoms with Gasteiger partial charge in [0.05, 0.1) is 11.8 Å². The van der Waals surface area contributed by atoms with Crippen molar-refractivity contribution in [1.29, 1.82) is 5.26 Å². The summed E-state index contributed by atoms with van der Waals surface area (Å²) in [6, 6.07) is 2.16. The van der Waals surface area contributed by atoms with E-state index in [0.717, 1.165) is 25.3 Å². The first kappa shape index (κ1) is 17.3. The molecule has 104 valence electrons. The Labute approximate surface area is 115 Å². The van der Waals surface area contributed by atoms with Crippen LogP contribution in [0.25, 0.3) is 0 Å². The second-order valence-corrected chi connectivity index (χ2v) is 5.45. The average Bonchev–Trinajstić information content (AvgIpc) is 2.39. The molecule has 0 aliphatic heterocycles. The topological polar surface area (TPSA) is 70.1 Å². The number of rotatable bonds is 9. The van der Waals surface area contributed by atoms with Crippen LogP contribution in [0.4, 0.5) is 0 Å². The fraction of sp³-hybridized carbons (Fsp3) is 0.846. The van der Waals surface area contributed by atoms with Gasteiger partial charge in [-0.1, -0.05) is 6.92 Å². The van der Waals surface area contributed by atoms with E-state index in [-0.39, 0.29) is 5.91 Å². The van der Waals surface area contributed by atoms with Gasteiger partial charge >= 0.3 is 0 Å². The first-order valence-electron chi connectivity index (χ1n) is 6.58. The Morgan fingerprint density at radius 3 is 2.44 bits per heavy atom. The molecule has 0 aliphatic rings. The van der Waals surface area contributed by atoms with E-state index in [1.54, 1.807) is 11.8 Å². The number of amides is 1. The molecule has 5 heteroatoms. The van der Waals surface area contributed by atoms with E-state index in [4.69, 9.17) is 11.0 Å². The monoisotopic (exact) mass is 271 g/mol. The van der Waals surface area contributed by atoms with E-state index in [2.05, 4.69) is 6.07 Å². The lowest BCUT2D eigenvalue weighted by atomic mass is 9.94. The standard InChI is InChI=1S/C13H25N3OS/c1-4-13(15,11-14)8-7-9-18-10-12(17)16(5-2)6-3/h4-10,15H2,1-3H3. The number of nitrogens with zero attached hydrogens (tertiary/aromatic N) is 2. The Kier molecular flexibility index (Phi) is 8.86. The van der Waals surface area contributed by atoms with Gasteiger partial charge in [0.1, 0.15) is 5.54 Å². The smallest absolute Gasteiger partial charge is 0.232 e. The third-order valence-electron chi connectivity index (χ3n) is 3.11. The lowest BCUT2D eigenvalue weighted by molar-refractivity contribution is -0.127. The fourth-order valence-electron chi connectivity index (χ4n) is 1.63. The molecule has 0 radical (unpaired) electrons. The van der Waals surface area contributed by atoms with Gasteiger partial charge in [0, 0.05) is 13.1 Å². The summed E-state index contributed by atoms with van der Waals surface area (Å²) in [5.74, 6) is 1.60. The van der Waals surface area contributed by atoms with Gasteiger partial charge in [-0.3, -0.25) is 4.79 Å². The highest BCUT2D eigenvalue weighted by Gasteiger charge is 2.21. The zero-order valence-electron chi connectivity index (χ0n) is 11.7. The third kappa shape index (κ3) is 6.27. The molecule has 0 saturated carbocycles. The van der Waals surface area contributed by atoms with Gasteiger partial charge in [0.25, 0.3) is 0 Å². The van der Waals surface area contributed by atoms with Crippen molar-refractivity contribution >= 4 is 17.7 Å². The molecule has 0 rings (SSSR count). The highest BCUT2D eigenvalue weighted by Crippen LogP contribution is 2.15. The van der Waals surface area contributed by atoms with E-state index in [9.17, 15) is 4.79 Å². The molecule has 0 aliphatic carbocycles. The van der Waals surface area contributed by atoms with Gasteiger partial charge in [-0.25, -0.2) is 0 Å². The van der Waals surface area contributed by atoms with Crippen molar-refractivity contribution in [2.45, 2.75) is 45.6 Å². The minimum atomic E-state index is -0.691. The van der Waals surface area contributed by atoms with E-state index in [1.807, 2.05) is 25.7 Å². The van der Waals surface area contributed by atoms with Crippen molar-refractivity contribution in [2.75, 3.05) is 24.6 Å². The molecule has 2 N–H and O–H groups in total. The van der Waals surface area contributed by atoms with Crippen molar-refractivity contribution in [3.05, 3.63) is 0 Å². The fourth-order valence-corrected chi connectivity index (χ4v) is 2.48. The summed E-state index contributed by atoms with van der Waals surface area (Å²) in [5.41, 5.74) is 5.19. The normalized spacial score (nSPS) is 13.7. The van der Waals surface area contributed by atoms with Crippen LogP contribution in [-0.2, 0) is 4.79 Å². The first-order chi connectivity index (χ1) is 8.52. The number of hydrogen-bond acceptors (Lipinski definition) is 4. The summed E-state index contributed by atoms with van der Waals surface area (Å²) in [7, 11) is 0. The second kappa shape index (κ2) is 9.23. The quantitative estimate of drug-likeness (QED) is 0.651. The molecule has 18 heavy (non-hydrogen) atoms. The van der Waals surface area contributed by atoms with Crippen LogP contribution in [0.2, 0.25) is 0 Å². The first-order valence-corrected chi connectivity index (χ1v) is 7.74.